The maximum Gasteiger partial charge on any atom is 0.121 e. The minimum Gasteiger partial charge on any atom is -0.264 e. The van der Waals surface area contributed by atoms with Crippen LogP contribution in [0.3, 0.4) is 0 Å². The highest BCUT2D eigenvalue weighted by Gasteiger charge is 2.34. The van der Waals surface area contributed by atoms with Gasteiger partial charge in [0.1, 0.15) is 4.87 Å². The molecule has 0 spiro atoms. The van der Waals surface area contributed by atoms with Crippen molar-refractivity contribution in [1.29, 1.82) is 0 Å². The molecule has 1 heterocycles. The maximum atomic E-state index is 7.09. The zero-order chi connectivity index (χ0) is 15.6. The Kier molecular flexibility index (Phi) is 4.39. The van der Waals surface area contributed by atoms with E-state index in [0.29, 0.717) is 10.0 Å². The summed E-state index contributed by atoms with van der Waals surface area (Å²) in [6.07, 6.45) is 3.50. The molecular formula is C18H12Cl3N. The number of hydrogen-bond acceptors (Lipinski definition) is 1. The van der Waals surface area contributed by atoms with E-state index in [1.165, 1.54) is 0 Å². The van der Waals surface area contributed by atoms with Crippen LogP contribution >= 0.6 is 34.8 Å². The molecular weight excluding hydrogens is 337 g/mol. The van der Waals surface area contributed by atoms with E-state index in [9.17, 15) is 0 Å². The minimum absolute atomic E-state index is 0.671. The van der Waals surface area contributed by atoms with Gasteiger partial charge in [-0.2, -0.15) is 0 Å². The van der Waals surface area contributed by atoms with Crippen molar-refractivity contribution in [1.82, 2.24) is 4.98 Å². The Morgan fingerprint density at radius 2 is 1.18 bits per heavy atom. The number of hydrogen-bond donors (Lipinski definition) is 0. The normalized spacial score (nSPS) is 11.4. The molecule has 0 amide bonds. The van der Waals surface area contributed by atoms with E-state index in [-0.39, 0.29) is 0 Å². The molecule has 3 rings (SSSR count). The molecule has 0 atom stereocenters. The quantitative estimate of drug-likeness (QED) is 0.535. The van der Waals surface area contributed by atoms with Crippen molar-refractivity contribution in [3.05, 3.63) is 99.8 Å². The molecule has 0 saturated carbocycles. The van der Waals surface area contributed by atoms with Crippen LogP contribution in [-0.4, -0.2) is 4.98 Å². The van der Waals surface area contributed by atoms with Crippen LogP contribution in [-0.2, 0) is 4.87 Å². The van der Waals surface area contributed by atoms with Crippen LogP contribution in [0.15, 0.2) is 73.1 Å². The van der Waals surface area contributed by atoms with E-state index < -0.39 is 4.87 Å². The van der Waals surface area contributed by atoms with Crippen molar-refractivity contribution < 1.29 is 0 Å². The Bertz CT molecular complexity index is 707. The zero-order valence-corrected chi connectivity index (χ0v) is 13.8. The van der Waals surface area contributed by atoms with Gasteiger partial charge in [-0.15, -0.1) is 11.6 Å². The van der Waals surface area contributed by atoms with Crippen molar-refractivity contribution in [2.24, 2.45) is 0 Å². The number of nitrogens with zero attached hydrogens (tertiary/aromatic N) is 1. The molecule has 0 saturated heterocycles. The standard InChI is InChI=1S/C18H12Cl3N/c19-16-7-3-13(4-8-16)18(21,15-2-1-11-22-12-15)14-5-9-17(20)10-6-14/h1-12H. The number of rotatable bonds is 3. The highest BCUT2D eigenvalue weighted by molar-refractivity contribution is 6.31. The summed E-state index contributed by atoms with van der Waals surface area (Å²) in [5, 5.41) is 1.34. The van der Waals surface area contributed by atoms with Gasteiger partial charge >= 0.3 is 0 Å². The van der Waals surface area contributed by atoms with Gasteiger partial charge < -0.3 is 0 Å². The highest BCUT2D eigenvalue weighted by Crippen LogP contribution is 2.43. The van der Waals surface area contributed by atoms with E-state index in [2.05, 4.69) is 4.98 Å². The SMILES string of the molecule is Clc1ccc(C(Cl)(c2ccc(Cl)cc2)c2cccnc2)cc1. The first-order valence-electron chi connectivity index (χ1n) is 6.72. The van der Waals surface area contributed by atoms with Crippen LogP contribution in [0, 0.1) is 0 Å². The Morgan fingerprint density at radius 1 is 0.682 bits per heavy atom. The van der Waals surface area contributed by atoms with Gasteiger partial charge in [0.05, 0.1) is 0 Å². The van der Waals surface area contributed by atoms with E-state index in [4.69, 9.17) is 34.8 Å². The summed E-state index contributed by atoms with van der Waals surface area (Å²) >= 11 is 19.1. The van der Waals surface area contributed by atoms with E-state index in [1.54, 1.807) is 12.4 Å². The average Bonchev–Trinajstić information content (AvgIpc) is 2.56. The van der Waals surface area contributed by atoms with E-state index in [1.807, 2.05) is 60.7 Å². The van der Waals surface area contributed by atoms with Crippen LogP contribution in [0.1, 0.15) is 16.7 Å². The molecule has 0 radical (unpaired) electrons. The molecule has 1 nitrogen and oxygen atoms in total. The van der Waals surface area contributed by atoms with Crippen molar-refractivity contribution in [2.45, 2.75) is 4.87 Å². The number of alkyl halides is 1. The molecule has 0 aliphatic heterocycles. The van der Waals surface area contributed by atoms with Crippen molar-refractivity contribution >= 4 is 34.8 Å². The van der Waals surface area contributed by atoms with Gasteiger partial charge in [-0.05, 0) is 41.5 Å². The molecule has 0 fully saturated rings. The zero-order valence-electron chi connectivity index (χ0n) is 11.5. The third kappa shape index (κ3) is 2.85. The fourth-order valence-corrected chi connectivity index (χ4v) is 3.04. The minimum atomic E-state index is -0.844. The number of aromatic nitrogens is 1. The summed E-state index contributed by atoms with van der Waals surface area (Å²) in [4.78, 5) is 3.36. The lowest BCUT2D eigenvalue weighted by molar-refractivity contribution is 0.870. The summed E-state index contributed by atoms with van der Waals surface area (Å²) in [6.45, 7) is 0. The fraction of sp³-hybridized carbons (Fsp3) is 0.0556. The second kappa shape index (κ2) is 6.29. The second-order valence-electron chi connectivity index (χ2n) is 4.91. The fourth-order valence-electron chi connectivity index (χ4n) is 2.43. The smallest absolute Gasteiger partial charge is 0.121 e. The van der Waals surface area contributed by atoms with Crippen molar-refractivity contribution in [2.75, 3.05) is 0 Å². The first-order valence-corrected chi connectivity index (χ1v) is 7.85. The first kappa shape index (κ1) is 15.4. The Balaban J connectivity index is 2.22. The molecule has 0 bridgehead atoms. The van der Waals surface area contributed by atoms with Gasteiger partial charge in [-0.25, -0.2) is 0 Å². The summed E-state index contributed by atoms with van der Waals surface area (Å²) in [6, 6.07) is 18.9. The van der Waals surface area contributed by atoms with Crippen molar-refractivity contribution in [3.8, 4) is 0 Å². The Labute approximate surface area is 144 Å². The van der Waals surface area contributed by atoms with Gasteiger partial charge in [-0.3, -0.25) is 4.98 Å². The van der Waals surface area contributed by atoms with Crippen molar-refractivity contribution in [3.63, 3.8) is 0 Å². The van der Waals surface area contributed by atoms with Gasteiger partial charge in [0.2, 0.25) is 0 Å². The summed E-state index contributed by atoms with van der Waals surface area (Å²) < 4.78 is 0. The molecule has 22 heavy (non-hydrogen) atoms. The Hall–Kier alpha value is -1.54. The summed E-state index contributed by atoms with van der Waals surface area (Å²) in [5.41, 5.74) is 2.74. The van der Waals surface area contributed by atoms with E-state index in [0.717, 1.165) is 16.7 Å². The molecule has 110 valence electrons. The third-order valence-electron chi connectivity index (χ3n) is 3.54. The highest BCUT2D eigenvalue weighted by atomic mass is 35.5. The topological polar surface area (TPSA) is 12.9 Å². The van der Waals surface area contributed by atoms with Gasteiger partial charge in [-0.1, -0.05) is 53.5 Å². The maximum absolute atomic E-state index is 7.09. The lowest BCUT2D eigenvalue weighted by Crippen LogP contribution is -2.22. The van der Waals surface area contributed by atoms with Crippen LogP contribution in [0.2, 0.25) is 10.0 Å². The largest absolute Gasteiger partial charge is 0.264 e. The number of halogens is 3. The van der Waals surface area contributed by atoms with E-state index >= 15 is 0 Å². The molecule has 2 aromatic carbocycles. The molecule has 1 aromatic heterocycles. The van der Waals surface area contributed by atoms with Gasteiger partial charge in [0, 0.05) is 28.0 Å². The number of benzene rings is 2. The predicted octanol–water partition coefficient (Wildman–Crippen LogP) is 5.92. The molecule has 3 aromatic rings. The lowest BCUT2D eigenvalue weighted by atomic mass is 9.85. The van der Waals surface area contributed by atoms with Crippen LogP contribution in [0.4, 0.5) is 0 Å². The second-order valence-corrected chi connectivity index (χ2v) is 6.35. The first-order chi connectivity index (χ1) is 10.6. The average molecular weight is 349 g/mol. The molecule has 0 aliphatic carbocycles. The third-order valence-corrected chi connectivity index (χ3v) is 4.70. The lowest BCUT2D eigenvalue weighted by Gasteiger charge is -2.29. The van der Waals surface area contributed by atoms with Crippen LogP contribution in [0.5, 0.6) is 0 Å². The molecule has 4 heteroatoms. The summed E-state index contributed by atoms with van der Waals surface area (Å²) in [7, 11) is 0. The Morgan fingerprint density at radius 3 is 1.59 bits per heavy atom. The van der Waals surface area contributed by atoms with Crippen LogP contribution < -0.4 is 0 Å². The summed E-state index contributed by atoms with van der Waals surface area (Å²) in [5.74, 6) is 0. The number of pyridine rings is 1. The van der Waals surface area contributed by atoms with Gasteiger partial charge in [0.25, 0.3) is 0 Å². The molecule has 0 unspecified atom stereocenters. The predicted molar refractivity (Wildman–Crippen MR) is 92.9 cm³/mol. The van der Waals surface area contributed by atoms with Gasteiger partial charge in [0.15, 0.2) is 0 Å². The monoisotopic (exact) mass is 347 g/mol. The molecule has 0 N–H and O–H groups in total. The molecule has 0 aliphatic rings. The van der Waals surface area contributed by atoms with Crippen LogP contribution in [0.25, 0.3) is 0 Å².